The van der Waals surface area contributed by atoms with Crippen LogP contribution in [0.3, 0.4) is 0 Å². The molecule has 1 aromatic rings. The third-order valence-electron chi connectivity index (χ3n) is 2.85. The predicted molar refractivity (Wildman–Crippen MR) is 70.1 cm³/mol. The number of nitrogens with zero attached hydrogens (tertiary/aromatic N) is 1. The summed E-state index contributed by atoms with van der Waals surface area (Å²) in [6.07, 6.45) is 0. The standard InChI is InChI=1S/C13H16N2OS/c1-9-7-15-13(17-8-9)10-3-4-12(16-2)11(5-10)6-14/h3-5,9,13,15H,7-8H2,1-2H3. The molecule has 1 fully saturated rings. The number of nitriles is 1. The first-order chi connectivity index (χ1) is 8.24. The molecule has 0 radical (unpaired) electrons. The number of rotatable bonds is 2. The van der Waals surface area contributed by atoms with Gasteiger partial charge in [-0.05, 0) is 35.9 Å². The van der Waals surface area contributed by atoms with Crippen LogP contribution in [-0.4, -0.2) is 19.4 Å². The zero-order valence-electron chi connectivity index (χ0n) is 10.1. The van der Waals surface area contributed by atoms with Crippen LogP contribution in [0.2, 0.25) is 0 Å². The van der Waals surface area contributed by atoms with Crippen molar-refractivity contribution in [3.63, 3.8) is 0 Å². The van der Waals surface area contributed by atoms with Crippen LogP contribution in [0.1, 0.15) is 23.4 Å². The number of ether oxygens (including phenoxy) is 1. The lowest BCUT2D eigenvalue weighted by atomic mass is 10.1. The Balaban J connectivity index is 2.19. The molecule has 1 aliphatic heterocycles. The minimum Gasteiger partial charge on any atom is -0.495 e. The van der Waals surface area contributed by atoms with E-state index in [1.54, 1.807) is 7.11 Å². The summed E-state index contributed by atoms with van der Waals surface area (Å²) in [5.74, 6) is 2.52. The van der Waals surface area contributed by atoms with Crippen LogP contribution in [0, 0.1) is 17.2 Å². The Labute approximate surface area is 106 Å². The third-order valence-corrected chi connectivity index (χ3v) is 4.38. The Kier molecular flexibility index (Phi) is 3.93. The summed E-state index contributed by atoms with van der Waals surface area (Å²) >= 11 is 1.90. The van der Waals surface area contributed by atoms with Gasteiger partial charge in [-0.15, -0.1) is 11.8 Å². The normalized spacial score (nSPS) is 24.1. The van der Waals surface area contributed by atoms with Crippen LogP contribution in [0.4, 0.5) is 0 Å². The van der Waals surface area contributed by atoms with Gasteiger partial charge in [0.2, 0.25) is 0 Å². The van der Waals surface area contributed by atoms with E-state index in [0.717, 1.165) is 17.9 Å². The molecular formula is C13H16N2OS. The van der Waals surface area contributed by atoms with E-state index < -0.39 is 0 Å². The molecule has 2 unspecified atom stereocenters. The number of benzene rings is 1. The molecule has 0 aliphatic carbocycles. The number of hydrogen-bond donors (Lipinski definition) is 1. The van der Waals surface area contributed by atoms with Crippen molar-refractivity contribution in [1.82, 2.24) is 5.32 Å². The van der Waals surface area contributed by atoms with E-state index in [0.29, 0.717) is 22.6 Å². The topological polar surface area (TPSA) is 45.0 Å². The summed E-state index contributed by atoms with van der Waals surface area (Å²) in [7, 11) is 1.59. The van der Waals surface area contributed by atoms with Gasteiger partial charge in [-0.3, -0.25) is 0 Å². The zero-order chi connectivity index (χ0) is 12.3. The van der Waals surface area contributed by atoms with E-state index in [1.165, 1.54) is 0 Å². The monoisotopic (exact) mass is 248 g/mol. The van der Waals surface area contributed by atoms with Crippen LogP contribution in [0.5, 0.6) is 5.75 Å². The van der Waals surface area contributed by atoms with Gasteiger partial charge in [0.15, 0.2) is 0 Å². The first kappa shape index (κ1) is 12.3. The molecule has 0 saturated carbocycles. The molecule has 1 saturated heterocycles. The van der Waals surface area contributed by atoms with Crippen molar-refractivity contribution in [1.29, 1.82) is 5.26 Å². The van der Waals surface area contributed by atoms with Crippen LogP contribution in [-0.2, 0) is 0 Å². The molecule has 0 bridgehead atoms. The summed E-state index contributed by atoms with van der Waals surface area (Å²) in [4.78, 5) is 0. The second-order valence-electron chi connectivity index (χ2n) is 4.30. The first-order valence-electron chi connectivity index (χ1n) is 5.67. The van der Waals surface area contributed by atoms with Crippen molar-refractivity contribution in [3.8, 4) is 11.8 Å². The van der Waals surface area contributed by atoms with Crippen molar-refractivity contribution in [2.75, 3.05) is 19.4 Å². The summed E-state index contributed by atoms with van der Waals surface area (Å²) in [6, 6.07) is 7.99. The third kappa shape index (κ3) is 2.74. The quantitative estimate of drug-likeness (QED) is 0.873. The van der Waals surface area contributed by atoms with Crippen molar-refractivity contribution in [3.05, 3.63) is 29.3 Å². The Morgan fingerprint density at radius 3 is 2.94 bits per heavy atom. The molecule has 2 atom stereocenters. The Bertz CT molecular complexity index is 434. The van der Waals surface area contributed by atoms with E-state index in [1.807, 2.05) is 30.0 Å². The van der Waals surface area contributed by atoms with Crippen LogP contribution in [0.15, 0.2) is 18.2 Å². The minimum absolute atomic E-state index is 0.296. The Morgan fingerprint density at radius 2 is 2.35 bits per heavy atom. The molecule has 4 heteroatoms. The second kappa shape index (κ2) is 5.44. The minimum atomic E-state index is 0.296. The van der Waals surface area contributed by atoms with E-state index in [9.17, 15) is 0 Å². The second-order valence-corrected chi connectivity index (χ2v) is 5.44. The predicted octanol–water partition coefficient (Wildman–Crippen LogP) is 2.54. The fraction of sp³-hybridized carbons (Fsp3) is 0.462. The highest BCUT2D eigenvalue weighted by Gasteiger charge is 2.20. The molecule has 1 N–H and O–H groups in total. The van der Waals surface area contributed by atoms with Gasteiger partial charge >= 0.3 is 0 Å². The fourth-order valence-corrected chi connectivity index (χ4v) is 3.07. The Morgan fingerprint density at radius 1 is 1.53 bits per heavy atom. The average molecular weight is 248 g/mol. The molecule has 1 aromatic carbocycles. The summed E-state index contributed by atoms with van der Waals surface area (Å²) in [5, 5.41) is 12.8. The van der Waals surface area contributed by atoms with E-state index in [4.69, 9.17) is 10.00 Å². The molecule has 1 aliphatic rings. The molecule has 1 heterocycles. The van der Waals surface area contributed by atoms with E-state index in [-0.39, 0.29) is 0 Å². The van der Waals surface area contributed by atoms with Crippen molar-refractivity contribution < 1.29 is 4.74 Å². The highest BCUT2D eigenvalue weighted by Crippen LogP contribution is 2.33. The first-order valence-corrected chi connectivity index (χ1v) is 6.72. The largest absolute Gasteiger partial charge is 0.495 e. The van der Waals surface area contributed by atoms with Crippen LogP contribution in [0.25, 0.3) is 0 Å². The van der Waals surface area contributed by atoms with Gasteiger partial charge in [0.1, 0.15) is 11.8 Å². The maximum atomic E-state index is 9.06. The number of nitrogens with one attached hydrogen (secondary N) is 1. The van der Waals surface area contributed by atoms with Gasteiger partial charge in [0, 0.05) is 0 Å². The summed E-state index contributed by atoms with van der Waals surface area (Å²) in [5.41, 5.74) is 1.75. The Hall–Kier alpha value is -1.18. The van der Waals surface area contributed by atoms with E-state index in [2.05, 4.69) is 18.3 Å². The maximum absolute atomic E-state index is 9.06. The number of hydrogen-bond acceptors (Lipinski definition) is 4. The van der Waals surface area contributed by atoms with Gasteiger partial charge < -0.3 is 10.1 Å². The molecule has 0 amide bonds. The molecule has 90 valence electrons. The van der Waals surface area contributed by atoms with Crippen LogP contribution >= 0.6 is 11.8 Å². The molecule has 17 heavy (non-hydrogen) atoms. The van der Waals surface area contributed by atoms with Crippen molar-refractivity contribution >= 4 is 11.8 Å². The van der Waals surface area contributed by atoms with Gasteiger partial charge in [0.05, 0.1) is 18.0 Å². The smallest absolute Gasteiger partial charge is 0.136 e. The summed E-state index contributed by atoms with van der Waals surface area (Å²) < 4.78 is 5.15. The molecule has 0 spiro atoms. The van der Waals surface area contributed by atoms with Crippen molar-refractivity contribution in [2.24, 2.45) is 5.92 Å². The summed E-state index contributed by atoms with van der Waals surface area (Å²) in [6.45, 7) is 3.27. The van der Waals surface area contributed by atoms with Gasteiger partial charge in [0.25, 0.3) is 0 Å². The number of thioether (sulfide) groups is 1. The van der Waals surface area contributed by atoms with Crippen LogP contribution < -0.4 is 10.1 Å². The lowest BCUT2D eigenvalue weighted by molar-refractivity contribution is 0.413. The van der Waals surface area contributed by atoms with Gasteiger partial charge in [-0.2, -0.15) is 5.26 Å². The molecular weight excluding hydrogens is 232 g/mol. The highest BCUT2D eigenvalue weighted by molar-refractivity contribution is 7.99. The number of methoxy groups -OCH3 is 1. The highest BCUT2D eigenvalue weighted by atomic mass is 32.2. The lowest BCUT2D eigenvalue weighted by Crippen LogP contribution is -2.31. The van der Waals surface area contributed by atoms with Gasteiger partial charge in [-0.1, -0.05) is 13.0 Å². The average Bonchev–Trinajstić information content (AvgIpc) is 2.39. The SMILES string of the molecule is COc1ccc(C2NCC(C)CS2)cc1C#N. The van der Waals surface area contributed by atoms with E-state index >= 15 is 0 Å². The molecule has 3 nitrogen and oxygen atoms in total. The maximum Gasteiger partial charge on any atom is 0.136 e. The van der Waals surface area contributed by atoms with Crippen molar-refractivity contribution in [2.45, 2.75) is 12.3 Å². The fourth-order valence-electron chi connectivity index (χ4n) is 1.88. The zero-order valence-corrected chi connectivity index (χ0v) is 10.9. The van der Waals surface area contributed by atoms with Gasteiger partial charge in [-0.25, -0.2) is 0 Å². The molecule has 2 rings (SSSR count). The lowest BCUT2D eigenvalue weighted by Gasteiger charge is -2.27. The molecule has 0 aromatic heterocycles.